The van der Waals surface area contributed by atoms with E-state index in [0.717, 1.165) is 25.2 Å². The molecule has 0 aliphatic carbocycles. The Morgan fingerprint density at radius 1 is 1.32 bits per heavy atom. The van der Waals surface area contributed by atoms with E-state index < -0.39 is 0 Å². The Morgan fingerprint density at radius 2 is 2.00 bits per heavy atom. The highest BCUT2D eigenvalue weighted by Gasteiger charge is 2.13. The van der Waals surface area contributed by atoms with Crippen molar-refractivity contribution in [1.29, 1.82) is 0 Å². The van der Waals surface area contributed by atoms with Crippen LogP contribution in [-0.2, 0) is 11.2 Å². The predicted molar refractivity (Wildman–Crippen MR) is 79.9 cm³/mol. The minimum absolute atomic E-state index is 0.257. The molecule has 0 spiro atoms. The summed E-state index contributed by atoms with van der Waals surface area (Å²) in [7, 11) is 0. The highest BCUT2D eigenvalue weighted by Crippen LogP contribution is 2.28. The topological polar surface area (TPSA) is 26.3 Å². The van der Waals surface area contributed by atoms with Gasteiger partial charge < -0.3 is 9.53 Å². The van der Waals surface area contributed by atoms with E-state index in [0.29, 0.717) is 12.3 Å². The molecule has 2 heteroatoms. The van der Waals surface area contributed by atoms with Crippen molar-refractivity contribution in [2.24, 2.45) is 5.92 Å². The number of hydrogen-bond acceptors (Lipinski definition) is 2. The molecule has 0 N–H and O–H groups in total. The van der Waals surface area contributed by atoms with Crippen LogP contribution < -0.4 is 4.74 Å². The van der Waals surface area contributed by atoms with Crippen LogP contribution in [0.1, 0.15) is 50.3 Å². The molecule has 0 radical (unpaired) electrons. The van der Waals surface area contributed by atoms with Gasteiger partial charge in [-0.15, -0.1) is 0 Å². The Kier molecular flexibility index (Phi) is 6.07. The maximum Gasteiger partial charge on any atom is 0.130 e. The van der Waals surface area contributed by atoms with Crippen molar-refractivity contribution in [2.75, 3.05) is 6.61 Å². The zero-order valence-electron chi connectivity index (χ0n) is 12.9. The van der Waals surface area contributed by atoms with Gasteiger partial charge in [0.05, 0.1) is 6.61 Å². The number of aryl methyl sites for hydroxylation is 2. The predicted octanol–water partition coefficient (Wildman–Crippen LogP) is 4.25. The van der Waals surface area contributed by atoms with E-state index in [1.807, 2.05) is 0 Å². The highest BCUT2D eigenvalue weighted by atomic mass is 16.5. The average molecular weight is 262 g/mol. The number of Topliss-reactive ketones (excluding diaryl/α,β-unsaturated/α-hetero) is 1. The lowest BCUT2D eigenvalue weighted by molar-refractivity contribution is -0.117. The zero-order valence-corrected chi connectivity index (χ0v) is 12.9. The van der Waals surface area contributed by atoms with Gasteiger partial charge in [0.2, 0.25) is 0 Å². The average Bonchev–Trinajstić information content (AvgIpc) is 2.26. The SMILES string of the molecule is CCCOc1c(C)cc(C)cc1CC(C)CC(C)=O. The third kappa shape index (κ3) is 5.06. The Bertz CT molecular complexity index is 435. The summed E-state index contributed by atoms with van der Waals surface area (Å²) < 4.78 is 5.89. The van der Waals surface area contributed by atoms with Crippen molar-refractivity contribution >= 4 is 5.78 Å². The molecule has 2 nitrogen and oxygen atoms in total. The molecule has 0 fully saturated rings. The maximum atomic E-state index is 11.2. The first-order chi connectivity index (χ1) is 8.93. The summed E-state index contributed by atoms with van der Waals surface area (Å²) in [4.78, 5) is 11.2. The molecule has 0 saturated carbocycles. The molecule has 0 heterocycles. The monoisotopic (exact) mass is 262 g/mol. The summed E-state index contributed by atoms with van der Waals surface area (Å²) in [6, 6.07) is 4.35. The summed E-state index contributed by atoms with van der Waals surface area (Å²) in [6.45, 7) is 10.8. The largest absolute Gasteiger partial charge is 0.493 e. The van der Waals surface area contributed by atoms with Crippen molar-refractivity contribution in [3.63, 3.8) is 0 Å². The van der Waals surface area contributed by atoms with Crippen molar-refractivity contribution in [3.05, 3.63) is 28.8 Å². The summed E-state index contributed by atoms with van der Waals surface area (Å²) in [5.41, 5.74) is 3.68. The van der Waals surface area contributed by atoms with Crippen molar-refractivity contribution < 1.29 is 9.53 Å². The van der Waals surface area contributed by atoms with Crippen molar-refractivity contribution in [1.82, 2.24) is 0 Å². The second-order valence-corrected chi connectivity index (χ2v) is 5.63. The number of hydrogen-bond donors (Lipinski definition) is 0. The molecule has 1 atom stereocenters. The third-order valence-electron chi connectivity index (χ3n) is 3.15. The van der Waals surface area contributed by atoms with Crippen LogP contribution in [0.3, 0.4) is 0 Å². The van der Waals surface area contributed by atoms with Crippen molar-refractivity contribution in [3.8, 4) is 5.75 Å². The molecule has 0 aromatic heterocycles. The second kappa shape index (κ2) is 7.32. The van der Waals surface area contributed by atoms with Crippen LogP contribution >= 0.6 is 0 Å². The number of ketones is 1. The molecule has 1 rings (SSSR count). The quantitative estimate of drug-likeness (QED) is 0.734. The van der Waals surface area contributed by atoms with E-state index in [4.69, 9.17) is 4.74 Å². The summed E-state index contributed by atoms with van der Waals surface area (Å²) in [5, 5.41) is 0. The molecule has 1 unspecified atom stereocenters. The number of carbonyl (C=O) groups is 1. The van der Waals surface area contributed by atoms with E-state index in [9.17, 15) is 4.79 Å². The first kappa shape index (κ1) is 15.7. The van der Waals surface area contributed by atoms with Crippen LogP contribution in [0.25, 0.3) is 0 Å². The van der Waals surface area contributed by atoms with Gasteiger partial charge in [0.15, 0.2) is 0 Å². The molecule has 0 amide bonds. The fraction of sp³-hybridized carbons (Fsp3) is 0.588. The van der Waals surface area contributed by atoms with Gasteiger partial charge in [-0.05, 0) is 50.7 Å². The molecule has 1 aromatic carbocycles. The Balaban J connectivity index is 2.93. The first-order valence-corrected chi connectivity index (χ1v) is 7.16. The van der Waals surface area contributed by atoms with Crippen molar-refractivity contribution in [2.45, 2.75) is 53.9 Å². The number of benzene rings is 1. The highest BCUT2D eigenvalue weighted by molar-refractivity contribution is 5.75. The summed E-state index contributed by atoms with van der Waals surface area (Å²) in [5.74, 6) is 1.64. The van der Waals surface area contributed by atoms with Gasteiger partial charge in [-0.25, -0.2) is 0 Å². The van der Waals surface area contributed by atoms with Crippen LogP contribution in [0.2, 0.25) is 0 Å². The zero-order chi connectivity index (χ0) is 14.4. The summed E-state index contributed by atoms with van der Waals surface area (Å²) >= 11 is 0. The number of ether oxygens (including phenoxy) is 1. The van der Waals surface area contributed by atoms with Gasteiger partial charge in [0, 0.05) is 6.42 Å². The lowest BCUT2D eigenvalue weighted by atomic mass is 9.93. The van der Waals surface area contributed by atoms with Crippen LogP contribution in [-0.4, -0.2) is 12.4 Å². The van der Waals surface area contributed by atoms with Crippen LogP contribution in [0.4, 0.5) is 0 Å². The Morgan fingerprint density at radius 3 is 2.58 bits per heavy atom. The van der Waals surface area contributed by atoms with Crippen LogP contribution in [0.5, 0.6) is 5.75 Å². The molecular weight excluding hydrogens is 236 g/mol. The minimum atomic E-state index is 0.257. The number of carbonyl (C=O) groups excluding carboxylic acids is 1. The van der Waals surface area contributed by atoms with Gasteiger partial charge in [0.1, 0.15) is 11.5 Å². The van der Waals surface area contributed by atoms with E-state index in [-0.39, 0.29) is 5.78 Å². The smallest absolute Gasteiger partial charge is 0.130 e. The van der Waals surface area contributed by atoms with E-state index in [1.54, 1.807) is 6.92 Å². The molecule has 106 valence electrons. The molecule has 0 bridgehead atoms. The summed E-state index contributed by atoms with van der Waals surface area (Å²) in [6.07, 6.45) is 2.55. The Hall–Kier alpha value is -1.31. The third-order valence-corrected chi connectivity index (χ3v) is 3.15. The fourth-order valence-electron chi connectivity index (χ4n) is 2.54. The number of rotatable bonds is 7. The Labute approximate surface area is 117 Å². The normalized spacial score (nSPS) is 12.3. The van der Waals surface area contributed by atoms with E-state index in [2.05, 4.69) is 39.8 Å². The molecule has 0 aliphatic heterocycles. The van der Waals surface area contributed by atoms with Gasteiger partial charge in [-0.1, -0.05) is 31.5 Å². The molecule has 0 aliphatic rings. The second-order valence-electron chi connectivity index (χ2n) is 5.63. The van der Waals surface area contributed by atoms with Gasteiger partial charge in [-0.3, -0.25) is 0 Å². The molecule has 1 aromatic rings. The minimum Gasteiger partial charge on any atom is -0.493 e. The lowest BCUT2D eigenvalue weighted by Crippen LogP contribution is -2.08. The maximum absolute atomic E-state index is 11.2. The lowest BCUT2D eigenvalue weighted by Gasteiger charge is -2.17. The van der Waals surface area contributed by atoms with E-state index >= 15 is 0 Å². The van der Waals surface area contributed by atoms with Crippen LogP contribution in [0, 0.1) is 19.8 Å². The van der Waals surface area contributed by atoms with Gasteiger partial charge in [-0.2, -0.15) is 0 Å². The first-order valence-electron chi connectivity index (χ1n) is 7.16. The molecule has 19 heavy (non-hydrogen) atoms. The fourth-order valence-corrected chi connectivity index (χ4v) is 2.54. The molecular formula is C17H26O2. The standard InChI is InChI=1S/C17H26O2/c1-6-7-19-17-14(4)8-12(2)10-16(17)11-13(3)9-15(5)18/h8,10,13H,6-7,9,11H2,1-5H3. The molecule has 0 saturated heterocycles. The van der Waals surface area contributed by atoms with E-state index in [1.165, 1.54) is 16.7 Å². The van der Waals surface area contributed by atoms with Gasteiger partial charge >= 0.3 is 0 Å². The van der Waals surface area contributed by atoms with Crippen LogP contribution in [0.15, 0.2) is 12.1 Å². The van der Waals surface area contributed by atoms with Gasteiger partial charge in [0.25, 0.3) is 0 Å².